The number of pyridine rings is 1. The molecule has 59 heavy (non-hydrogen) atoms. The fourth-order valence-corrected chi connectivity index (χ4v) is 7.77. The van der Waals surface area contributed by atoms with Crippen molar-refractivity contribution in [3.05, 3.63) is 188 Å². The molecule has 0 saturated carbocycles. The minimum absolute atomic E-state index is 0. The largest absolute Gasteiger partial charge is 0.509 e. The maximum atomic E-state index is 6.72. The fraction of sp³-hybridized carbons (Fsp3) is 0.170. The van der Waals surface area contributed by atoms with Gasteiger partial charge in [0, 0.05) is 50.0 Å². The van der Waals surface area contributed by atoms with Crippen LogP contribution in [0.15, 0.2) is 152 Å². The van der Waals surface area contributed by atoms with Crippen molar-refractivity contribution < 1.29 is 25.8 Å². The molecule has 2 aromatic heterocycles. The first-order valence-electron chi connectivity index (χ1n) is 19.9. The van der Waals surface area contributed by atoms with Crippen LogP contribution in [0.1, 0.15) is 58.2 Å². The van der Waals surface area contributed by atoms with Crippen molar-refractivity contribution in [3.8, 4) is 39.6 Å². The number of nitrogens with zero attached hydrogens (tertiary/aromatic N) is 4. The number of benzene rings is 6. The summed E-state index contributed by atoms with van der Waals surface area (Å²) in [7, 11) is 0. The molecular formula is C53H47N4OPt-3. The summed E-state index contributed by atoms with van der Waals surface area (Å²) in [5.41, 5.74) is 12.2. The summed E-state index contributed by atoms with van der Waals surface area (Å²) in [5.74, 6) is 2.10. The number of anilines is 2. The van der Waals surface area contributed by atoms with Gasteiger partial charge < -0.3 is 19.1 Å². The Labute approximate surface area is 362 Å². The summed E-state index contributed by atoms with van der Waals surface area (Å²) in [6, 6.07) is 54.3. The zero-order chi connectivity index (χ0) is 40.2. The first-order valence-corrected chi connectivity index (χ1v) is 19.9. The van der Waals surface area contributed by atoms with Crippen LogP contribution in [-0.4, -0.2) is 9.55 Å². The van der Waals surface area contributed by atoms with Gasteiger partial charge in [0.05, 0.1) is 0 Å². The molecule has 0 aliphatic carbocycles. The van der Waals surface area contributed by atoms with Gasteiger partial charge in [-0.15, -0.1) is 53.6 Å². The van der Waals surface area contributed by atoms with Gasteiger partial charge >= 0.3 is 0 Å². The quantitative estimate of drug-likeness (QED) is 0.149. The second-order valence-corrected chi connectivity index (χ2v) is 17.2. The molecule has 0 N–H and O–H groups in total. The van der Waals surface area contributed by atoms with Gasteiger partial charge in [-0.1, -0.05) is 126 Å². The average Bonchev–Trinajstić information content (AvgIpc) is 3.84. The molecule has 0 unspecified atom stereocenters. The van der Waals surface area contributed by atoms with Crippen molar-refractivity contribution >= 4 is 33.2 Å². The molecule has 0 saturated heterocycles. The van der Waals surface area contributed by atoms with Crippen LogP contribution in [0, 0.1) is 25.7 Å². The number of hydrogen-bond donors (Lipinski definition) is 0. The second-order valence-electron chi connectivity index (χ2n) is 17.2. The van der Waals surface area contributed by atoms with Crippen LogP contribution in [0.2, 0.25) is 0 Å². The molecule has 1 aliphatic rings. The normalized spacial score (nSPS) is 13.0. The van der Waals surface area contributed by atoms with E-state index < -0.39 is 0 Å². The summed E-state index contributed by atoms with van der Waals surface area (Å²) >= 11 is 0. The monoisotopic (exact) mass is 950 g/mol. The SMILES string of the molecule is Cc1c(-c2ccccc2)cc(-c2ccccc2)cc1N1C=CN(c2[c-]c(Oc3[c-]c4c(cc3)c3ccccc3n4-c3cc(C(C)(C)C)ccn3)cc(C(C)(C)C)c2)[CH-]1.[Pt]. The van der Waals surface area contributed by atoms with Crippen molar-refractivity contribution in [1.82, 2.24) is 9.55 Å². The van der Waals surface area contributed by atoms with E-state index in [-0.39, 0.29) is 31.9 Å². The Balaban J connectivity index is 0.00000484. The molecule has 0 spiro atoms. The Bertz CT molecular complexity index is 2830. The molecule has 0 amide bonds. The zero-order valence-corrected chi connectivity index (χ0v) is 36.8. The minimum atomic E-state index is -0.139. The van der Waals surface area contributed by atoms with E-state index in [0.29, 0.717) is 11.5 Å². The molecule has 1 aliphatic heterocycles. The number of fused-ring (bicyclic) bond motifs is 3. The predicted octanol–water partition coefficient (Wildman–Crippen LogP) is 13.7. The number of hydrogen-bond acceptors (Lipinski definition) is 4. The second kappa shape index (κ2) is 15.7. The Hall–Kier alpha value is -5.90. The Kier molecular flexibility index (Phi) is 10.6. The standard InChI is InChI=1S/C53H47N4O.Pt/c1-36-47(38-18-12-9-13-19-38)28-39(37-16-10-8-11-17-37)29-49(36)56-27-26-55(35-56)42-30-41(53(5,6)7)31-44(33-42)58-43-22-23-46-45-20-14-15-21-48(45)57(50(46)34-43)51-32-40(24-25-54-51)52(2,3)4;/h8-32,35H,1-7H3;/q-3;. The Morgan fingerprint density at radius 2 is 1.27 bits per heavy atom. The molecule has 0 atom stereocenters. The molecule has 9 rings (SSSR count). The topological polar surface area (TPSA) is 33.5 Å². The summed E-state index contributed by atoms with van der Waals surface area (Å²) < 4.78 is 8.92. The predicted molar refractivity (Wildman–Crippen MR) is 241 cm³/mol. The minimum Gasteiger partial charge on any atom is -0.509 e. The summed E-state index contributed by atoms with van der Waals surface area (Å²) in [6.45, 7) is 17.7. The maximum Gasteiger partial charge on any atom is 0.135 e. The third kappa shape index (κ3) is 7.85. The molecule has 5 nitrogen and oxygen atoms in total. The molecular weight excluding hydrogens is 904 g/mol. The van der Waals surface area contributed by atoms with Gasteiger partial charge in [-0.05, 0) is 99.3 Å². The van der Waals surface area contributed by atoms with E-state index in [2.05, 4.69) is 221 Å². The molecule has 298 valence electrons. The Morgan fingerprint density at radius 3 is 2.00 bits per heavy atom. The number of para-hydroxylation sites is 1. The van der Waals surface area contributed by atoms with E-state index in [0.717, 1.165) is 44.6 Å². The van der Waals surface area contributed by atoms with Gasteiger partial charge in [-0.2, -0.15) is 6.07 Å². The fourth-order valence-electron chi connectivity index (χ4n) is 7.77. The van der Waals surface area contributed by atoms with Crippen LogP contribution in [0.3, 0.4) is 0 Å². The first-order chi connectivity index (χ1) is 27.9. The molecule has 8 aromatic rings. The van der Waals surface area contributed by atoms with Crippen LogP contribution in [0.25, 0.3) is 49.9 Å². The van der Waals surface area contributed by atoms with Gasteiger partial charge in [0.1, 0.15) is 5.82 Å². The van der Waals surface area contributed by atoms with Crippen molar-refractivity contribution in [1.29, 1.82) is 0 Å². The molecule has 6 heteroatoms. The molecule has 6 aromatic carbocycles. The van der Waals surface area contributed by atoms with E-state index in [1.807, 2.05) is 12.3 Å². The van der Waals surface area contributed by atoms with E-state index in [1.165, 1.54) is 33.4 Å². The molecule has 0 bridgehead atoms. The summed E-state index contributed by atoms with van der Waals surface area (Å²) in [5, 5.41) is 2.24. The van der Waals surface area contributed by atoms with E-state index in [4.69, 9.17) is 9.72 Å². The van der Waals surface area contributed by atoms with Gasteiger partial charge in [-0.3, -0.25) is 0 Å². The van der Waals surface area contributed by atoms with Crippen LogP contribution in [-0.2, 0) is 31.9 Å². The maximum absolute atomic E-state index is 6.72. The Morgan fingerprint density at radius 1 is 0.593 bits per heavy atom. The van der Waals surface area contributed by atoms with Crippen LogP contribution in [0.5, 0.6) is 11.5 Å². The van der Waals surface area contributed by atoms with Gasteiger partial charge in [0.25, 0.3) is 0 Å². The van der Waals surface area contributed by atoms with Crippen molar-refractivity contribution in [2.75, 3.05) is 9.80 Å². The average molecular weight is 951 g/mol. The van der Waals surface area contributed by atoms with Crippen molar-refractivity contribution in [2.24, 2.45) is 0 Å². The number of ether oxygens (including phenoxy) is 1. The molecule has 0 fully saturated rings. The van der Waals surface area contributed by atoms with Crippen LogP contribution >= 0.6 is 0 Å². The van der Waals surface area contributed by atoms with E-state index >= 15 is 0 Å². The van der Waals surface area contributed by atoms with Crippen molar-refractivity contribution in [2.45, 2.75) is 59.3 Å². The smallest absolute Gasteiger partial charge is 0.135 e. The summed E-state index contributed by atoms with van der Waals surface area (Å²) in [6.07, 6.45) is 6.11. The third-order valence-corrected chi connectivity index (χ3v) is 11.1. The number of aromatic nitrogens is 2. The van der Waals surface area contributed by atoms with Gasteiger partial charge in [0.2, 0.25) is 0 Å². The van der Waals surface area contributed by atoms with Gasteiger partial charge in [0.15, 0.2) is 0 Å². The van der Waals surface area contributed by atoms with Crippen LogP contribution < -0.4 is 14.5 Å². The van der Waals surface area contributed by atoms with Crippen LogP contribution in [0.4, 0.5) is 11.4 Å². The molecule has 0 radical (unpaired) electrons. The molecule has 3 heterocycles. The number of rotatable bonds is 7. The third-order valence-electron chi connectivity index (χ3n) is 11.1. The van der Waals surface area contributed by atoms with E-state index in [9.17, 15) is 0 Å². The zero-order valence-electron chi connectivity index (χ0n) is 34.5. The first kappa shape index (κ1) is 39.9. The van der Waals surface area contributed by atoms with E-state index in [1.54, 1.807) is 0 Å². The summed E-state index contributed by atoms with van der Waals surface area (Å²) in [4.78, 5) is 9.18. The van der Waals surface area contributed by atoms with Gasteiger partial charge in [-0.25, -0.2) is 4.98 Å². The van der Waals surface area contributed by atoms with Crippen molar-refractivity contribution in [3.63, 3.8) is 0 Å².